The molecule has 13 aromatic carbocycles. The second kappa shape index (κ2) is 26.3. The fourth-order valence-electron chi connectivity index (χ4n) is 12.5. The normalized spacial score (nSPS) is 11.1. The SMILES string of the molecule is Brc1cccc(C#Cc2ccc3c(c2)c2ccccc2n3-c2nc(-c3ccccc3)c3ccccc3n2)c1.Brc1cccc(I)c1.C(#Cc1ccc2c(c1)c1ccccc1n2-c1nc(-c2ccccc2)c2ccccc2n1)c1cccc(-c2ccc3c(c2)oc2ccccc23)c1. The molecule has 7 nitrogen and oxygen atoms in total. The lowest BCUT2D eigenvalue weighted by molar-refractivity contribution is 0.669. The number of halogens is 3. The number of rotatable bonds is 5. The molecule has 0 spiro atoms. The molecule has 0 unspecified atom stereocenters. The van der Waals surface area contributed by atoms with E-state index >= 15 is 0 Å². The lowest BCUT2D eigenvalue weighted by Crippen LogP contribution is -2.03. The summed E-state index contributed by atoms with van der Waals surface area (Å²) in [5, 5.41) is 8.83. The molecule has 18 aromatic rings. The topological polar surface area (TPSA) is 74.6 Å². The van der Waals surface area contributed by atoms with Gasteiger partial charge < -0.3 is 4.42 Å². The van der Waals surface area contributed by atoms with Gasteiger partial charge in [-0.3, -0.25) is 9.13 Å². The highest BCUT2D eigenvalue weighted by Gasteiger charge is 2.20. The van der Waals surface area contributed by atoms with Gasteiger partial charge in [0.05, 0.1) is 44.5 Å². The number of fused-ring (bicyclic) bond motifs is 11. The van der Waals surface area contributed by atoms with Crippen LogP contribution >= 0.6 is 54.5 Å². The molecule has 0 saturated carbocycles. The van der Waals surface area contributed by atoms with E-state index in [1.807, 2.05) is 115 Å². The number of aromatic nitrogens is 6. The fourth-order valence-corrected chi connectivity index (χ4v) is 14.3. The highest BCUT2D eigenvalue weighted by Crippen LogP contribution is 2.38. The second-order valence-corrected chi connectivity index (χ2v) is 26.1. The van der Waals surface area contributed by atoms with Crippen LogP contribution in [-0.2, 0) is 0 Å². The highest BCUT2D eigenvalue weighted by atomic mass is 127. The van der Waals surface area contributed by atoms with Crippen LogP contribution < -0.4 is 0 Å². The van der Waals surface area contributed by atoms with E-state index < -0.39 is 0 Å². The molecule has 0 amide bonds. The summed E-state index contributed by atoms with van der Waals surface area (Å²) < 4.78 is 13.9. The summed E-state index contributed by atoms with van der Waals surface area (Å²) in [6.07, 6.45) is 0. The van der Waals surface area contributed by atoms with Gasteiger partial charge in [0.15, 0.2) is 0 Å². The standard InChI is InChI=1S/C46H27N3O.C34H20BrN3.C6H4BrI/c1-2-12-32(13-3-1)45-38-17-4-7-18-40(38)47-46(48-45)49-41-19-8-5-15-35(41)39-28-31(23-26-42(39)49)22-21-30-11-10-14-33(27-30)34-24-25-37-36-16-6-9-20-43(36)50-44(37)29-34;35-26-12-8-9-23(21-26)17-18-24-19-20-32-29(22-24)27-13-5-7-16-31(27)38(32)34-36-30-15-6-4-14-28(30)33(37-34)25-10-2-1-3-11-25;7-5-2-1-3-6(8)4-5/h1-20,23-29H;1-16,19-22H;1-4H. The van der Waals surface area contributed by atoms with Crippen LogP contribution in [0, 0.1) is 27.3 Å². The van der Waals surface area contributed by atoms with E-state index in [4.69, 9.17) is 24.4 Å². The average Bonchev–Trinajstić information content (AvgIpc) is 1.56. The van der Waals surface area contributed by atoms with Gasteiger partial charge >= 0.3 is 0 Å². The van der Waals surface area contributed by atoms with Crippen molar-refractivity contribution in [2.75, 3.05) is 0 Å². The first-order valence-electron chi connectivity index (χ1n) is 31.2. The lowest BCUT2D eigenvalue weighted by Gasteiger charge is -2.11. The minimum absolute atomic E-state index is 0.644. The zero-order chi connectivity index (χ0) is 64.5. The maximum Gasteiger partial charge on any atom is 0.235 e. The monoisotopic (exact) mass is 1470 g/mol. The van der Waals surface area contributed by atoms with E-state index in [1.54, 1.807) is 0 Å². The molecule has 0 atom stereocenters. The largest absolute Gasteiger partial charge is 0.456 e. The third-order valence-corrected chi connectivity index (χ3v) is 18.6. The number of furan rings is 1. The molecule has 18 rings (SSSR count). The molecular weight excluding hydrogens is 1420 g/mol. The molecule has 0 radical (unpaired) electrons. The molecule has 452 valence electrons. The Morgan fingerprint density at radius 3 is 1.23 bits per heavy atom. The minimum Gasteiger partial charge on any atom is -0.456 e. The van der Waals surface area contributed by atoms with E-state index in [0.29, 0.717) is 11.9 Å². The van der Waals surface area contributed by atoms with Gasteiger partial charge in [-0.05, 0) is 161 Å². The molecule has 0 fully saturated rings. The van der Waals surface area contributed by atoms with Gasteiger partial charge in [-0.15, -0.1) is 0 Å². The minimum atomic E-state index is 0.644. The molecule has 0 aliphatic rings. The van der Waals surface area contributed by atoms with Crippen molar-refractivity contribution in [2.45, 2.75) is 0 Å². The van der Waals surface area contributed by atoms with Crippen LogP contribution in [0.1, 0.15) is 22.3 Å². The quantitative estimate of drug-likeness (QED) is 0.127. The van der Waals surface area contributed by atoms with Crippen molar-refractivity contribution < 1.29 is 4.42 Å². The van der Waals surface area contributed by atoms with Gasteiger partial charge in [-0.2, -0.15) is 0 Å². The van der Waals surface area contributed by atoms with Crippen molar-refractivity contribution >= 4 is 142 Å². The second-order valence-electron chi connectivity index (χ2n) is 23.0. The molecular formula is C86H51Br2IN6O. The first-order valence-corrected chi connectivity index (χ1v) is 33.9. The summed E-state index contributed by atoms with van der Waals surface area (Å²) in [7, 11) is 0. The van der Waals surface area contributed by atoms with Crippen LogP contribution in [0.25, 0.3) is 133 Å². The van der Waals surface area contributed by atoms with Crippen LogP contribution in [0.3, 0.4) is 0 Å². The van der Waals surface area contributed by atoms with Crippen LogP contribution in [0.5, 0.6) is 0 Å². The molecule has 0 saturated heterocycles. The Morgan fingerprint density at radius 1 is 0.281 bits per heavy atom. The van der Waals surface area contributed by atoms with E-state index in [0.717, 1.165) is 152 Å². The first-order chi connectivity index (χ1) is 47.3. The molecule has 0 aliphatic heterocycles. The highest BCUT2D eigenvalue weighted by molar-refractivity contribution is 14.1. The summed E-state index contributed by atoms with van der Waals surface area (Å²) in [4.78, 5) is 20.4. The van der Waals surface area contributed by atoms with Crippen molar-refractivity contribution in [1.29, 1.82) is 0 Å². The molecule has 96 heavy (non-hydrogen) atoms. The Bertz CT molecular complexity index is 6160. The van der Waals surface area contributed by atoms with Gasteiger partial charge in [0.2, 0.25) is 11.9 Å². The van der Waals surface area contributed by atoms with Crippen molar-refractivity contribution in [1.82, 2.24) is 29.1 Å². The summed E-state index contributed by atoms with van der Waals surface area (Å²) >= 11 is 9.16. The number of hydrogen-bond donors (Lipinski definition) is 0. The Hall–Kier alpha value is -11.3. The maximum absolute atomic E-state index is 6.15. The van der Waals surface area contributed by atoms with Crippen LogP contribution in [0.15, 0.2) is 323 Å². The van der Waals surface area contributed by atoms with Gasteiger partial charge in [-0.25, -0.2) is 19.9 Å². The zero-order valence-electron chi connectivity index (χ0n) is 51.2. The lowest BCUT2D eigenvalue weighted by atomic mass is 10.0. The van der Waals surface area contributed by atoms with Crippen molar-refractivity contribution in [3.63, 3.8) is 0 Å². The molecule has 5 aromatic heterocycles. The zero-order valence-corrected chi connectivity index (χ0v) is 56.5. The fraction of sp³-hybridized carbons (Fsp3) is 0. The van der Waals surface area contributed by atoms with Crippen LogP contribution in [0.2, 0.25) is 0 Å². The smallest absolute Gasteiger partial charge is 0.235 e. The van der Waals surface area contributed by atoms with Gasteiger partial charge in [0.25, 0.3) is 0 Å². The van der Waals surface area contributed by atoms with E-state index in [1.165, 1.54) is 3.57 Å². The Morgan fingerprint density at radius 2 is 0.698 bits per heavy atom. The predicted octanol–water partition coefficient (Wildman–Crippen LogP) is 23.0. The Kier molecular flexibility index (Phi) is 16.3. The molecule has 5 heterocycles. The predicted molar refractivity (Wildman–Crippen MR) is 411 cm³/mol. The number of benzene rings is 13. The Balaban J connectivity index is 0.000000139. The Labute approximate surface area is 583 Å². The van der Waals surface area contributed by atoms with E-state index in [-0.39, 0.29) is 0 Å². The third kappa shape index (κ3) is 12.0. The summed E-state index contributed by atoms with van der Waals surface area (Å²) in [5.74, 6) is 14.8. The first kappa shape index (κ1) is 59.7. The van der Waals surface area contributed by atoms with Crippen LogP contribution in [-0.4, -0.2) is 29.1 Å². The number of hydrogen-bond acceptors (Lipinski definition) is 5. The number of para-hydroxylation sites is 5. The van der Waals surface area contributed by atoms with Gasteiger partial charge in [0.1, 0.15) is 11.2 Å². The maximum atomic E-state index is 6.15. The summed E-state index contributed by atoms with van der Waals surface area (Å²) in [6.45, 7) is 0. The molecule has 0 N–H and O–H groups in total. The summed E-state index contributed by atoms with van der Waals surface area (Å²) in [5.41, 5.74) is 17.8. The van der Waals surface area contributed by atoms with Gasteiger partial charge in [-0.1, -0.05) is 238 Å². The van der Waals surface area contributed by atoms with Gasteiger partial charge in [0, 0.05) is 89.0 Å². The third-order valence-electron chi connectivity index (χ3n) is 16.9. The van der Waals surface area contributed by atoms with E-state index in [2.05, 4.69) is 281 Å². The summed E-state index contributed by atoms with van der Waals surface area (Å²) in [6, 6.07) is 106. The molecule has 0 bridgehead atoms. The average molecular weight is 1470 g/mol. The van der Waals surface area contributed by atoms with Crippen molar-refractivity contribution in [2.24, 2.45) is 0 Å². The molecule has 0 aliphatic carbocycles. The number of nitrogens with zero attached hydrogens (tertiary/aromatic N) is 6. The van der Waals surface area contributed by atoms with Crippen LogP contribution in [0.4, 0.5) is 0 Å². The van der Waals surface area contributed by atoms with Crippen molar-refractivity contribution in [3.05, 3.63) is 344 Å². The van der Waals surface area contributed by atoms with Crippen molar-refractivity contribution in [3.8, 4) is 69.2 Å². The molecule has 10 heteroatoms. The van der Waals surface area contributed by atoms with E-state index in [9.17, 15) is 0 Å².